The van der Waals surface area contributed by atoms with Crippen LogP contribution in [0.1, 0.15) is 37.0 Å². The number of rotatable bonds is 6. The number of ether oxygens (including phenoxy) is 1. The van der Waals surface area contributed by atoms with Crippen molar-refractivity contribution in [2.75, 3.05) is 29.9 Å². The van der Waals surface area contributed by atoms with E-state index in [-0.39, 0.29) is 18.0 Å². The number of hydrogen-bond donors (Lipinski definition) is 1. The average molecular weight is 449 g/mol. The summed E-state index contributed by atoms with van der Waals surface area (Å²) in [6.07, 6.45) is 2.24. The van der Waals surface area contributed by atoms with Crippen LogP contribution in [0.4, 0.5) is 11.5 Å². The molecule has 2 aromatic carbocycles. The van der Waals surface area contributed by atoms with Crippen LogP contribution in [0.5, 0.6) is 0 Å². The van der Waals surface area contributed by atoms with E-state index in [9.17, 15) is 14.4 Å². The maximum Gasteiger partial charge on any atom is 0.338 e. The highest BCUT2D eigenvalue weighted by atomic mass is 16.5. The molecule has 172 valence electrons. The number of nitrogens with one attached hydrogen (secondary N) is 1. The largest absolute Gasteiger partial charge is 0.462 e. The zero-order valence-corrected chi connectivity index (χ0v) is 18.9. The first kappa shape index (κ1) is 22.5. The van der Waals surface area contributed by atoms with E-state index in [0.717, 1.165) is 30.7 Å². The highest BCUT2D eigenvalue weighted by Crippen LogP contribution is 2.26. The molecule has 1 saturated heterocycles. The lowest BCUT2D eigenvalue weighted by Gasteiger charge is -2.32. The molecule has 1 amide bonds. The second kappa shape index (κ2) is 9.85. The molecule has 1 fully saturated rings. The molecule has 4 rings (SSSR count). The van der Waals surface area contributed by atoms with Gasteiger partial charge < -0.3 is 15.0 Å². The van der Waals surface area contributed by atoms with Gasteiger partial charge in [0.25, 0.3) is 5.56 Å². The van der Waals surface area contributed by atoms with Gasteiger partial charge in [-0.25, -0.2) is 9.48 Å². The van der Waals surface area contributed by atoms with Gasteiger partial charge in [-0.1, -0.05) is 25.1 Å². The van der Waals surface area contributed by atoms with Crippen LogP contribution in [-0.2, 0) is 16.1 Å². The highest BCUT2D eigenvalue weighted by molar-refractivity contribution is 5.94. The number of hydrogen-bond acceptors (Lipinski definition) is 6. The van der Waals surface area contributed by atoms with Crippen LogP contribution in [0.2, 0.25) is 0 Å². The predicted molar refractivity (Wildman–Crippen MR) is 128 cm³/mol. The number of carbonyl (C=O) groups excluding carboxylic acids is 2. The van der Waals surface area contributed by atoms with Gasteiger partial charge in [-0.05, 0) is 56.0 Å². The van der Waals surface area contributed by atoms with Gasteiger partial charge in [0, 0.05) is 24.2 Å². The van der Waals surface area contributed by atoms with Crippen LogP contribution in [-0.4, -0.2) is 41.4 Å². The predicted octanol–water partition coefficient (Wildman–Crippen LogP) is 3.45. The van der Waals surface area contributed by atoms with Gasteiger partial charge in [0.15, 0.2) is 5.82 Å². The lowest BCUT2D eigenvalue weighted by Crippen LogP contribution is -2.38. The van der Waals surface area contributed by atoms with Gasteiger partial charge in [0.2, 0.25) is 5.91 Å². The Kier molecular flexibility index (Phi) is 6.72. The van der Waals surface area contributed by atoms with Crippen LogP contribution in [0.3, 0.4) is 0 Å². The lowest BCUT2D eigenvalue weighted by atomic mass is 10.00. The minimum Gasteiger partial charge on any atom is -0.462 e. The number of benzene rings is 2. The van der Waals surface area contributed by atoms with Gasteiger partial charge in [-0.15, -0.1) is 0 Å². The van der Waals surface area contributed by atoms with E-state index in [2.05, 4.69) is 22.2 Å². The number of carbonyl (C=O) groups is 2. The van der Waals surface area contributed by atoms with E-state index in [4.69, 9.17) is 4.74 Å². The smallest absolute Gasteiger partial charge is 0.338 e. The third kappa shape index (κ3) is 5.05. The monoisotopic (exact) mass is 448 g/mol. The van der Waals surface area contributed by atoms with E-state index in [0.29, 0.717) is 29.2 Å². The molecule has 0 saturated carbocycles. The van der Waals surface area contributed by atoms with Crippen molar-refractivity contribution in [2.24, 2.45) is 5.92 Å². The first-order valence-electron chi connectivity index (χ1n) is 11.3. The maximum atomic E-state index is 13.0. The molecule has 0 bridgehead atoms. The van der Waals surface area contributed by atoms with Gasteiger partial charge in [0.1, 0.15) is 6.54 Å². The molecule has 1 aliphatic heterocycles. The van der Waals surface area contributed by atoms with Gasteiger partial charge in [-0.3, -0.25) is 9.59 Å². The molecule has 33 heavy (non-hydrogen) atoms. The van der Waals surface area contributed by atoms with E-state index in [1.807, 2.05) is 18.2 Å². The summed E-state index contributed by atoms with van der Waals surface area (Å²) in [5, 5.41) is 8.73. The van der Waals surface area contributed by atoms with Crippen LogP contribution in [0.25, 0.3) is 10.8 Å². The van der Waals surface area contributed by atoms with Crippen LogP contribution in [0.15, 0.2) is 53.3 Å². The third-order valence-electron chi connectivity index (χ3n) is 5.78. The fourth-order valence-electron chi connectivity index (χ4n) is 4.18. The quantitative estimate of drug-likeness (QED) is 0.581. The fourth-order valence-corrected chi connectivity index (χ4v) is 4.18. The maximum absolute atomic E-state index is 13.0. The Balaban J connectivity index is 1.57. The van der Waals surface area contributed by atoms with Crippen molar-refractivity contribution in [3.63, 3.8) is 0 Å². The normalized spacial score (nSPS) is 15.9. The number of nitrogens with zero attached hydrogens (tertiary/aromatic N) is 3. The second-order valence-electron chi connectivity index (χ2n) is 8.37. The molecule has 0 aliphatic carbocycles. The average Bonchev–Trinajstić information content (AvgIpc) is 2.81. The lowest BCUT2D eigenvalue weighted by molar-refractivity contribution is -0.117. The number of amides is 1. The molecule has 1 aromatic heterocycles. The Morgan fingerprint density at radius 2 is 1.85 bits per heavy atom. The highest BCUT2D eigenvalue weighted by Gasteiger charge is 2.22. The van der Waals surface area contributed by atoms with Gasteiger partial charge >= 0.3 is 5.97 Å². The summed E-state index contributed by atoms with van der Waals surface area (Å²) < 4.78 is 6.20. The molecule has 8 heteroatoms. The Labute approximate surface area is 192 Å². The molecular formula is C25H28N4O4. The number of anilines is 2. The molecule has 1 atom stereocenters. The zero-order chi connectivity index (χ0) is 23.4. The number of fused-ring (bicyclic) bond motifs is 1. The van der Waals surface area contributed by atoms with Crippen LogP contribution in [0, 0.1) is 5.92 Å². The zero-order valence-electron chi connectivity index (χ0n) is 18.9. The summed E-state index contributed by atoms with van der Waals surface area (Å²) in [7, 11) is 0. The number of aromatic nitrogens is 2. The van der Waals surface area contributed by atoms with Gasteiger partial charge in [-0.2, -0.15) is 5.10 Å². The first-order chi connectivity index (χ1) is 16.0. The molecular weight excluding hydrogens is 420 g/mol. The number of piperidine rings is 1. The molecule has 3 aromatic rings. The van der Waals surface area contributed by atoms with E-state index >= 15 is 0 Å². The van der Waals surface area contributed by atoms with Gasteiger partial charge in [0.05, 0.1) is 17.6 Å². The van der Waals surface area contributed by atoms with E-state index < -0.39 is 5.97 Å². The summed E-state index contributed by atoms with van der Waals surface area (Å²) in [6.45, 7) is 5.78. The second-order valence-corrected chi connectivity index (χ2v) is 8.37. The van der Waals surface area contributed by atoms with Crippen molar-refractivity contribution in [3.05, 3.63) is 64.4 Å². The van der Waals surface area contributed by atoms with Crippen molar-refractivity contribution in [2.45, 2.75) is 33.2 Å². The summed E-state index contributed by atoms with van der Waals surface area (Å²) in [5.41, 5.74) is 0.627. The van der Waals surface area contributed by atoms with Crippen LogP contribution >= 0.6 is 0 Å². The van der Waals surface area contributed by atoms with Crippen molar-refractivity contribution in [3.8, 4) is 0 Å². The number of esters is 1. The van der Waals surface area contributed by atoms with Crippen molar-refractivity contribution >= 4 is 34.2 Å². The fraction of sp³-hybridized carbons (Fsp3) is 0.360. The molecule has 1 unspecified atom stereocenters. The topological polar surface area (TPSA) is 93.5 Å². The Bertz CT molecular complexity index is 1220. The van der Waals surface area contributed by atoms with E-state index in [1.165, 1.54) is 11.1 Å². The van der Waals surface area contributed by atoms with Crippen molar-refractivity contribution < 1.29 is 14.3 Å². The van der Waals surface area contributed by atoms with Crippen LogP contribution < -0.4 is 15.8 Å². The Hall–Kier alpha value is -3.68. The summed E-state index contributed by atoms with van der Waals surface area (Å²) in [5.74, 6) is 0.493. The minimum atomic E-state index is -0.415. The Morgan fingerprint density at radius 1 is 1.12 bits per heavy atom. The van der Waals surface area contributed by atoms with Crippen molar-refractivity contribution in [1.82, 2.24) is 9.78 Å². The standard InChI is InChI=1S/C25H28N4O4/c1-3-33-25(32)18-10-12-19(13-11-18)26-22(30)16-29-24(31)21-9-5-4-8-20(21)23(27-29)28-14-6-7-17(2)15-28/h4-5,8-13,17H,3,6-7,14-16H2,1-2H3,(H,26,30). The summed E-state index contributed by atoms with van der Waals surface area (Å²) >= 11 is 0. The SMILES string of the molecule is CCOC(=O)c1ccc(NC(=O)Cn2nc(N3CCCC(C)C3)c3ccccc3c2=O)cc1. The summed E-state index contributed by atoms with van der Waals surface area (Å²) in [6, 6.07) is 13.8. The molecule has 2 heterocycles. The molecule has 1 N–H and O–H groups in total. The van der Waals surface area contributed by atoms with Crippen molar-refractivity contribution in [1.29, 1.82) is 0 Å². The molecule has 0 spiro atoms. The Morgan fingerprint density at radius 3 is 2.55 bits per heavy atom. The third-order valence-corrected chi connectivity index (χ3v) is 5.78. The molecule has 8 nitrogen and oxygen atoms in total. The minimum absolute atomic E-state index is 0.209. The molecule has 0 radical (unpaired) electrons. The first-order valence-corrected chi connectivity index (χ1v) is 11.3. The summed E-state index contributed by atoms with van der Waals surface area (Å²) in [4.78, 5) is 39.8. The van der Waals surface area contributed by atoms with E-state index in [1.54, 1.807) is 37.3 Å². The molecule has 1 aliphatic rings.